The van der Waals surface area contributed by atoms with Gasteiger partial charge in [-0.05, 0) is 29.3 Å². The molecule has 0 aliphatic rings. The summed E-state index contributed by atoms with van der Waals surface area (Å²) in [5.41, 5.74) is 5.36. The summed E-state index contributed by atoms with van der Waals surface area (Å²) < 4.78 is 2.16. The van der Waals surface area contributed by atoms with Crippen LogP contribution in [-0.2, 0) is 6.54 Å². The summed E-state index contributed by atoms with van der Waals surface area (Å²) in [6, 6.07) is 26.7. The molecule has 1 heterocycles. The van der Waals surface area contributed by atoms with Crippen molar-refractivity contribution in [1.29, 1.82) is 0 Å². The molecule has 0 aliphatic heterocycles. The molecule has 24 heavy (non-hydrogen) atoms. The fraction of sp³-hybridized carbons (Fsp3) is 0.0476. The molecule has 0 atom stereocenters. The predicted octanol–water partition coefficient (Wildman–Crippen LogP) is 4.84. The standard InChI is InChI=1S/C21H17N3/c1-3-7-17(8-4-1)14-22-19-11-12-21-20(13-19)23-16-24(21)15-18-9-5-2-6-10-18/h1-14,16H,15H2. The van der Waals surface area contributed by atoms with Crippen LogP contribution >= 0.6 is 0 Å². The first-order chi connectivity index (χ1) is 11.9. The first-order valence-electron chi connectivity index (χ1n) is 7.96. The molecule has 0 aliphatic carbocycles. The van der Waals surface area contributed by atoms with E-state index in [9.17, 15) is 0 Å². The average molecular weight is 311 g/mol. The van der Waals surface area contributed by atoms with E-state index in [1.54, 1.807) is 0 Å². The SMILES string of the molecule is C(=Nc1ccc2c(c1)ncn2Cc1ccccc1)c1ccccc1. The van der Waals surface area contributed by atoms with Crippen molar-refractivity contribution in [2.45, 2.75) is 6.54 Å². The molecule has 0 N–H and O–H groups in total. The lowest BCUT2D eigenvalue weighted by Gasteiger charge is -2.04. The zero-order valence-corrected chi connectivity index (χ0v) is 13.2. The third-order valence-corrected chi connectivity index (χ3v) is 3.96. The molecule has 0 saturated heterocycles. The lowest BCUT2D eigenvalue weighted by molar-refractivity contribution is 0.824. The second-order valence-electron chi connectivity index (χ2n) is 5.70. The van der Waals surface area contributed by atoms with Gasteiger partial charge in [0.05, 0.1) is 23.0 Å². The van der Waals surface area contributed by atoms with Crippen LogP contribution in [0.1, 0.15) is 11.1 Å². The highest BCUT2D eigenvalue weighted by molar-refractivity contribution is 5.84. The van der Waals surface area contributed by atoms with Crippen molar-refractivity contribution in [3.05, 3.63) is 96.3 Å². The highest BCUT2D eigenvalue weighted by atomic mass is 15.0. The summed E-state index contributed by atoms with van der Waals surface area (Å²) in [7, 11) is 0. The predicted molar refractivity (Wildman–Crippen MR) is 99.0 cm³/mol. The maximum Gasteiger partial charge on any atom is 0.0961 e. The number of hydrogen-bond acceptors (Lipinski definition) is 2. The molecule has 3 heteroatoms. The summed E-state index contributed by atoms with van der Waals surface area (Å²) in [5.74, 6) is 0. The Hall–Kier alpha value is -3.20. The maximum absolute atomic E-state index is 4.55. The molecular weight excluding hydrogens is 294 g/mol. The quantitative estimate of drug-likeness (QED) is 0.496. The first-order valence-corrected chi connectivity index (χ1v) is 7.96. The summed E-state index contributed by atoms with van der Waals surface area (Å²) in [6.07, 6.45) is 3.77. The molecule has 116 valence electrons. The Morgan fingerprint density at radius 3 is 2.42 bits per heavy atom. The molecule has 1 aromatic heterocycles. The van der Waals surface area contributed by atoms with Crippen LogP contribution in [0.4, 0.5) is 5.69 Å². The fourth-order valence-corrected chi connectivity index (χ4v) is 2.73. The number of nitrogens with zero attached hydrogens (tertiary/aromatic N) is 3. The normalized spacial score (nSPS) is 11.3. The minimum absolute atomic E-state index is 0.823. The molecule has 0 amide bonds. The highest BCUT2D eigenvalue weighted by Gasteiger charge is 2.04. The van der Waals surface area contributed by atoms with Gasteiger partial charge in [0, 0.05) is 12.8 Å². The van der Waals surface area contributed by atoms with E-state index < -0.39 is 0 Å². The van der Waals surface area contributed by atoms with Gasteiger partial charge in [-0.15, -0.1) is 0 Å². The van der Waals surface area contributed by atoms with Crippen LogP contribution in [-0.4, -0.2) is 15.8 Å². The second-order valence-corrected chi connectivity index (χ2v) is 5.70. The lowest BCUT2D eigenvalue weighted by Crippen LogP contribution is -1.97. The van der Waals surface area contributed by atoms with Crippen LogP contribution in [0.25, 0.3) is 11.0 Å². The van der Waals surface area contributed by atoms with Gasteiger partial charge in [0.1, 0.15) is 0 Å². The van der Waals surface area contributed by atoms with E-state index in [1.807, 2.05) is 61.1 Å². The average Bonchev–Trinajstić information content (AvgIpc) is 3.04. The summed E-state index contributed by atoms with van der Waals surface area (Å²) in [6.45, 7) is 0.823. The molecule has 3 aromatic carbocycles. The van der Waals surface area contributed by atoms with Gasteiger partial charge in [-0.2, -0.15) is 0 Å². The Morgan fingerprint density at radius 1 is 0.875 bits per heavy atom. The number of imidazole rings is 1. The number of benzene rings is 3. The van der Waals surface area contributed by atoms with Crippen molar-refractivity contribution in [2.24, 2.45) is 4.99 Å². The van der Waals surface area contributed by atoms with Crippen LogP contribution < -0.4 is 0 Å². The Labute approximate surface area is 140 Å². The van der Waals surface area contributed by atoms with E-state index in [0.717, 1.165) is 28.8 Å². The molecule has 0 saturated carbocycles. The van der Waals surface area contributed by atoms with E-state index in [4.69, 9.17) is 0 Å². The smallest absolute Gasteiger partial charge is 0.0961 e. The molecule has 0 spiro atoms. The van der Waals surface area contributed by atoms with E-state index in [2.05, 4.69) is 44.9 Å². The van der Waals surface area contributed by atoms with Gasteiger partial charge in [-0.25, -0.2) is 4.98 Å². The molecule has 0 radical (unpaired) electrons. The van der Waals surface area contributed by atoms with Gasteiger partial charge in [-0.1, -0.05) is 60.7 Å². The van der Waals surface area contributed by atoms with Gasteiger partial charge in [0.25, 0.3) is 0 Å². The molecule has 4 aromatic rings. The van der Waals surface area contributed by atoms with Gasteiger partial charge in [0.2, 0.25) is 0 Å². The maximum atomic E-state index is 4.55. The lowest BCUT2D eigenvalue weighted by atomic mass is 10.2. The number of aliphatic imine (C=N–C) groups is 1. The highest BCUT2D eigenvalue weighted by Crippen LogP contribution is 2.21. The zero-order chi connectivity index (χ0) is 16.2. The van der Waals surface area contributed by atoms with Crippen LogP contribution in [0.2, 0.25) is 0 Å². The van der Waals surface area contributed by atoms with Crippen molar-refractivity contribution in [3.63, 3.8) is 0 Å². The Bertz CT molecular complexity index is 970. The topological polar surface area (TPSA) is 30.2 Å². The van der Waals surface area contributed by atoms with E-state index >= 15 is 0 Å². The molecule has 3 nitrogen and oxygen atoms in total. The van der Waals surface area contributed by atoms with Crippen LogP contribution in [0.5, 0.6) is 0 Å². The Kier molecular flexibility index (Phi) is 3.90. The van der Waals surface area contributed by atoms with Gasteiger partial charge >= 0.3 is 0 Å². The Balaban J connectivity index is 1.60. The summed E-state index contributed by atoms with van der Waals surface area (Å²) in [5, 5.41) is 0. The molecular formula is C21H17N3. The van der Waals surface area contributed by atoms with Crippen molar-refractivity contribution >= 4 is 22.9 Å². The number of fused-ring (bicyclic) bond motifs is 1. The van der Waals surface area contributed by atoms with Crippen LogP contribution in [0.3, 0.4) is 0 Å². The van der Waals surface area contributed by atoms with Crippen LogP contribution in [0.15, 0.2) is 90.2 Å². The fourth-order valence-electron chi connectivity index (χ4n) is 2.73. The summed E-state index contributed by atoms with van der Waals surface area (Å²) in [4.78, 5) is 9.07. The van der Waals surface area contributed by atoms with E-state index in [-0.39, 0.29) is 0 Å². The Morgan fingerprint density at radius 2 is 1.62 bits per heavy atom. The monoisotopic (exact) mass is 311 g/mol. The molecule has 0 fully saturated rings. The zero-order valence-electron chi connectivity index (χ0n) is 13.2. The van der Waals surface area contributed by atoms with Gasteiger partial charge < -0.3 is 4.57 Å². The van der Waals surface area contributed by atoms with Crippen LogP contribution in [0, 0.1) is 0 Å². The van der Waals surface area contributed by atoms with E-state index in [0.29, 0.717) is 0 Å². The van der Waals surface area contributed by atoms with Gasteiger partial charge in [0.15, 0.2) is 0 Å². The van der Waals surface area contributed by atoms with Crippen molar-refractivity contribution in [2.75, 3.05) is 0 Å². The number of aromatic nitrogens is 2. The summed E-state index contributed by atoms with van der Waals surface area (Å²) >= 11 is 0. The van der Waals surface area contributed by atoms with Crippen molar-refractivity contribution < 1.29 is 0 Å². The minimum Gasteiger partial charge on any atom is -0.326 e. The van der Waals surface area contributed by atoms with Crippen molar-refractivity contribution in [1.82, 2.24) is 9.55 Å². The van der Waals surface area contributed by atoms with E-state index in [1.165, 1.54) is 5.56 Å². The third kappa shape index (κ3) is 3.10. The number of hydrogen-bond donors (Lipinski definition) is 0. The second kappa shape index (κ2) is 6.50. The molecule has 0 unspecified atom stereocenters. The first kappa shape index (κ1) is 14.4. The molecule has 4 rings (SSSR count). The third-order valence-electron chi connectivity index (χ3n) is 3.96. The number of rotatable bonds is 4. The minimum atomic E-state index is 0.823. The largest absolute Gasteiger partial charge is 0.326 e. The molecule has 0 bridgehead atoms. The van der Waals surface area contributed by atoms with Crippen molar-refractivity contribution in [3.8, 4) is 0 Å². The van der Waals surface area contributed by atoms with Gasteiger partial charge in [-0.3, -0.25) is 4.99 Å².